The van der Waals surface area contributed by atoms with Crippen LogP contribution in [0, 0.1) is 17.1 Å². The molecule has 5 nitrogen and oxygen atoms in total. The van der Waals surface area contributed by atoms with Crippen molar-refractivity contribution in [2.24, 2.45) is 0 Å². The van der Waals surface area contributed by atoms with Gasteiger partial charge in [-0.2, -0.15) is 5.26 Å². The number of hydrogen-bond acceptors (Lipinski definition) is 5. The zero-order valence-corrected chi connectivity index (χ0v) is 17.8. The fraction of sp³-hybridized carbons (Fsp3) is 0.292. The van der Waals surface area contributed by atoms with Crippen LogP contribution in [0.4, 0.5) is 16.0 Å². The highest BCUT2D eigenvalue weighted by Gasteiger charge is 2.16. The molecule has 0 saturated heterocycles. The third kappa shape index (κ3) is 5.50. The number of nitrogens with zero attached hydrogens (tertiary/aromatic N) is 3. The summed E-state index contributed by atoms with van der Waals surface area (Å²) in [5.74, 6) is 0.984. The molecule has 4 rings (SSSR count). The Kier molecular flexibility index (Phi) is 6.63. The van der Waals surface area contributed by atoms with Gasteiger partial charge in [0, 0.05) is 24.3 Å². The van der Waals surface area contributed by atoms with Crippen molar-refractivity contribution in [3.05, 3.63) is 70.6 Å². The van der Waals surface area contributed by atoms with Crippen LogP contribution in [0.25, 0.3) is 11.3 Å². The van der Waals surface area contributed by atoms with Crippen molar-refractivity contribution in [1.29, 1.82) is 5.26 Å². The van der Waals surface area contributed by atoms with Crippen molar-refractivity contribution in [2.45, 2.75) is 44.7 Å². The third-order valence-electron chi connectivity index (χ3n) is 5.41. The Balaban J connectivity index is 1.58. The number of benzene rings is 1. The minimum atomic E-state index is -0.291. The lowest BCUT2D eigenvalue weighted by atomic mass is 9.95. The molecule has 31 heavy (non-hydrogen) atoms. The van der Waals surface area contributed by atoms with Crippen LogP contribution < -0.4 is 10.6 Å². The number of hydrogen-bond donors (Lipinski definition) is 2. The van der Waals surface area contributed by atoms with Crippen LogP contribution in [-0.4, -0.2) is 16.0 Å². The first-order valence-electron chi connectivity index (χ1n) is 10.4. The summed E-state index contributed by atoms with van der Waals surface area (Å²) in [6.45, 7) is 0.387. The van der Waals surface area contributed by atoms with Crippen LogP contribution in [0.5, 0.6) is 0 Å². The quantitative estimate of drug-likeness (QED) is 0.484. The average molecular weight is 436 g/mol. The van der Waals surface area contributed by atoms with Crippen molar-refractivity contribution >= 4 is 23.2 Å². The van der Waals surface area contributed by atoms with E-state index in [0.29, 0.717) is 40.2 Å². The second kappa shape index (κ2) is 9.76. The van der Waals surface area contributed by atoms with Gasteiger partial charge < -0.3 is 10.6 Å². The molecule has 0 aliphatic heterocycles. The molecule has 0 spiro atoms. The summed E-state index contributed by atoms with van der Waals surface area (Å²) in [7, 11) is 0. The highest BCUT2D eigenvalue weighted by atomic mass is 35.5. The second-order valence-electron chi connectivity index (χ2n) is 7.75. The van der Waals surface area contributed by atoms with E-state index in [-0.39, 0.29) is 5.82 Å². The monoisotopic (exact) mass is 435 g/mol. The van der Waals surface area contributed by atoms with Gasteiger partial charge in [-0.1, -0.05) is 43.0 Å². The third-order valence-corrected chi connectivity index (χ3v) is 5.71. The van der Waals surface area contributed by atoms with E-state index in [0.717, 1.165) is 24.2 Å². The van der Waals surface area contributed by atoms with Gasteiger partial charge in [-0.05, 0) is 48.7 Å². The largest absolute Gasteiger partial charge is 0.367 e. The molecule has 2 aromatic heterocycles. The molecular formula is C24H23ClFN5. The maximum absolute atomic E-state index is 13.4. The number of halogens is 2. The summed E-state index contributed by atoms with van der Waals surface area (Å²) in [5.41, 5.74) is 2.54. The summed E-state index contributed by atoms with van der Waals surface area (Å²) in [4.78, 5) is 9.06. The Morgan fingerprint density at radius 2 is 1.94 bits per heavy atom. The lowest BCUT2D eigenvalue weighted by Crippen LogP contribution is -2.22. The van der Waals surface area contributed by atoms with E-state index in [2.05, 4.69) is 26.7 Å². The van der Waals surface area contributed by atoms with Gasteiger partial charge in [0.05, 0.1) is 22.3 Å². The van der Waals surface area contributed by atoms with Crippen molar-refractivity contribution in [2.75, 3.05) is 10.6 Å². The van der Waals surface area contributed by atoms with E-state index in [4.69, 9.17) is 11.6 Å². The van der Waals surface area contributed by atoms with E-state index in [1.807, 2.05) is 12.1 Å². The standard InChI is InChI=1S/C24H23ClFN5/c25-21-15-29-24(30-19-7-2-1-3-8-19)12-20(21)22-10-17(13-27)11-23(31-22)28-14-16-5-4-6-18(26)9-16/h4-6,9-12,15,19H,1-3,7-8,14H2,(H,28,31)(H,29,30). The molecule has 3 aromatic rings. The van der Waals surface area contributed by atoms with Gasteiger partial charge in [-0.25, -0.2) is 14.4 Å². The molecular weight excluding hydrogens is 413 g/mol. The molecule has 2 heterocycles. The van der Waals surface area contributed by atoms with Crippen molar-refractivity contribution in [3.63, 3.8) is 0 Å². The Morgan fingerprint density at radius 3 is 2.71 bits per heavy atom. The molecule has 1 aromatic carbocycles. The molecule has 158 valence electrons. The van der Waals surface area contributed by atoms with E-state index >= 15 is 0 Å². The highest BCUT2D eigenvalue weighted by Crippen LogP contribution is 2.31. The zero-order valence-electron chi connectivity index (χ0n) is 17.0. The second-order valence-corrected chi connectivity index (χ2v) is 8.16. The molecule has 1 fully saturated rings. The summed E-state index contributed by atoms with van der Waals surface area (Å²) in [6, 6.07) is 14.2. The van der Waals surface area contributed by atoms with Crippen LogP contribution >= 0.6 is 11.6 Å². The topological polar surface area (TPSA) is 73.6 Å². The van der Waals surface area contributed by atoms with Crippen LogP contribution in [0.2, 0.25) is 5.02 Å². The molecule has 0 bridgehead atoms. The van der Waals surface area contributed by atoms with Crippen molar-refractivity contribution in [3.8, 4) is 17.3 Å². The molecule has 1 aliphatic rings. The summed E-state index contributed by atoms with van der Waals surface area (Å²) < 4.78 is 13.4. The zero-order chi connectivity index (χ0) is 21.6. The van der Waals surface area contributed by atoms with E-state index in [1.165, 1.54) is 31.4 Å². The van der Waals surface area contributed by atoms with Crippen LogP contribution in [0.15, 0.2) is 48.7 Å². The number of nitriles is 1. The maximum Gasteiger partial charge on any atom is 0.128 e. The number of aromatic nitrogens is 2. The molecule has 0 atom stereocenters. The molecule has 7 heteroatoms. The number of anilines is 2. The van der Waals surface area contributed by atoms with Gasteiger partial charge in [0.15, 0.2) is 0 Å². The van der Waals surface area contributed by atoms with Crippen molar-refractivity contribution < 1.29 is 4.39 Å². The lowest BCUT2D eigenvalue weighted by Gasteiger charge is -2.23. The Hall–Kier alpha value is -3.17. The number of nitrogens with one attached hydrogen (secondary N) is 2. The fourth-order valence-corrected chi connectivity index (χ4v) is 4.03. The molecule has 1 saturated carbocycles. The lowest BCUT2D eigenvalue weighted by molar-refractivity contribution is 0.462. The molecule has 0 radical (unpaired) electrons. The van der Waals surface area contributed by atoms with Crippen LogP contribution in [0.3, 0.4) is 0 Å². The SMILES string of the molecule is N#Cc1cc(NCc2cccc(F)c2)nc(-c2cc(NC3CCCCC3)ncc2Cl)c1. The average Bonchev–Trinajstić information content (AvgIpc) is 2.79. The normalized spacial score (nSPS) is 14.1. The fourth-order valence-electron chi connectivity index (χ4n) is 3.83. The number of rotatable bonds is 6. The minimum Gasteiger partial charge on any atom is -0.367 e. The highest BCUT2D eigenvalue weighted by molar-refractivity contribution is 6.33. The minimum absolute atomic E-state index is 0.291. The predicted octanol–water partition coefficient (Wildman–Crippen LogP) is 6.16. The molecule has 0 amide bonds. The van der Waals surface area contributed by atoms with E-state index in [9.17, 15) is 9.65 Å². The van der Waals surface area contributed by atoms with Gasteiger partial charge in [-0.15, -0.1) is 0 Å². The van der Waals surface area contributed by atoms with Gasteiger partial charge >= 0.3 is 0 Å². The van der Waals surface area contributed by atoms with Gasteiger partial charge in [0.2, 0.25) is 0 Å². The summed E-state index contributed by atoms with van der Waals surface area (Å²) in [6.07, 6.45) is 7.62. The van der Waals surface area contributed by atoms with Gasteiger partial charge in [0.1, 0.15) is 17.5 Å². The first-order chi connectivity index (χ1) is 15.1. The predicted molar refractivity (Wildman–Crippen MR) is 121 cm³/mol. The maximum atomic E-state index is 13.4. The van der Waals surface area contributed by atoms with Crippen LogP contribution in [-0.2, 0) is 6.54 Å². The Labute approximate surface area is 186 Å². The van der Waals surface area contributed by atoms with E-state index < -0.39 is 0 Å². The Bertz CT molecular complexity index is 1110. The molecule has 1 aliphatic carbocycles. The van der Waals surface area contributed by atoms with Gasteiger partial charge in [-0.3, -0.25) is 0 Å². The van der Waals surface area contributed by atoms with E-state index in [1.54, 1.807) is 24.4 Å². The smallest absolute Gasteiger partial charge is 0.128 e. The van der Waals surface area contributed by atoms with Gasteiger partial charge in [0.25, 0.3) is 0 Å². The summed E-state index contributed by atoms with van der Waals surface area (Å²) >= 11 is 6.44. The summed E-state index contributed by atoms with van der Waals surface area (Å²) in [5, 5.41) is 16.6. The van der Waals surface area contributed by atoms with Crippen molar-refractivity contribution in [1.82, 2.24) is 9.97 Å². The van der Waals surface area contributed by atoms with Crippen LogP contribution in [0.1, 0.15) is 43.2 Å². The first-order valence-corrected chi connectivity index (χ1v) is 10.8. The molecule has 2 N–H and O–H groups in total. The molecule has 0 unspecified atom stereocenters. The Morgan fingerprint density at radius 1 is 1.10 bits per heavy atom. The number of pyridine rings is 2. The first kappa shape index (κ1) is 21.1.